The predicted octanol–water partition coefficient (Wildman–Crippen LogP) is 2.64. The molecule has 1 unspecified atom stereocenters. The van der Waals surface area contributed by atoms with Gasteiger partial charge in [-0.25, -0.2) is 0 Å². The van der Waals surface area contributed by atoms with E-state index < -0.39 is 0 Å². The molecule has 0 saturated carbocycles. The third-order valence-electron chi connectivity index (χ3n) is 3.86. The van der Waals surface area contributed by atoms with Gasteiger partial charge >= 0.3 is 0 Å². The molecule has 0 saturated heterocycles. The lowest BCUT2D eigenvalue weighted by molar-refractivity contribution is -0.118. The number of nitrogens with two attached hydrogens (primary N) is 1. The maximum atomic E-state index is 12.3. The highest BCUT2D eigenvalue weighted by Gasteiger charge is 2.12. The minimum atomic E-state index is -0.316. The zero-order valence-electron chi connectivity index (χ0n) is 15.5. The van der Waals surface area contributed by atoms with Crippen molar-refractivity contribution in [1.82, 2.24) is 0 Å². The molecular formula is C20H25N3O4. The summed E-state index contributed by atoms with van der Waals surface area (Å²) in [4.78, 5) is 24.3. The Kier molecular flexibility index (Phi) is 7.79. The highest BCUT2D eigenvalue weighted by molar-refractivity contribution is 6.04. The fraction of sp³-hybridized carbons (Fsp3) is 0.300. The van der Waals surface area contributed by atoms with Gasteiger partial charge < -0.3 is 25.8 Å². The number of anilines is 2. The summed E-state index contributed by atoms with van der Waals surface area (Å²) in [7, 11) is 1.52. The van der Waals surface area contributed by atoms with E-state index >= 15 is 0 Å². The Balaban J connectivity index is 1.91. The lowest BCUT2D eigenvalue weighted by Gasteiger charge is -2.13. The summed E-state index contributed by atoms with van der Waals surface area (Å²) in [5, 5.41) is 5.57. The number of ether oxygens (including phenoxy) is 2. The first-order valence-corrected chi connectivity index (χ1v) is 8.72. The van der Waals surface area contributed by atoms with Crippen LogP contribution in [0.1, 0.15) is 23.7 Å². The number of benzene rings is 2. The van der Waals surface area contributed by atoms with Crippen molar-refractivity contribution in [3.05, 3.63) is 54.1 Å². The Hall–Kier alpha value is -2.90. The number of hydrogen-bond donors (Lipinski definition) is 3. The average molecular weight is 371 g/mol. The molecule has 144 valence electrons. The zero-order valence-corrected chi connectivity index (χ0v) is 15.5. The Morgan fingerprint density at radius 3 is 2.15 bits per heavy atom. The highest BCUT2D eigenvalue weighted by Crippen LogP contribution is 2.17. The number of hydrogen-bond acceptors (Lipinski definition) is 5. The maximum Gasteiger partial charge on any atom is 0.255 e. The van der Waals surface area contributed by atoms with Gasteiger partial charge in [0.25, 0.3) is 5.91 Å². The minimum Gasteiger partial charge on any atom is -0.494 e. The van der Waals surface area contributed by atoms with E-state index in [4.69, 9.17) is 15.2 Å². The third-order valence-corrected chi connectivity index (χ3v) is 3.86. The van der Waals surface area contributed by atoms with Crippen LogP contribution in [0.3, 0.4) is 0 Å². The Morgan fingerprint density at radius 1 is 1.00 bits per heavy atom. The zero-order chi connectivity index (χ0) is 19.6. The molecule has 7 nitrogen and oxygen atoms in total. The van der Waals surface area contributed by atoms with E-state index in [1.807, 2.05) is 6.92 Å². The van der Waals surface area contributed by atoms with Crippen LogP contribution in [-0.2, 0) is 9.53 Å². The van der Waals surface area contributed by atoms with Gasteiger partial charge in [0.05, 0.1) is 19.1 Å². The largest absolute Gasteiger partial charge is 0.494 e. The molecule has 2 amide bonds. The molecule has 2 aromatic carbocycles. The Morgan fingerprint density at radius 2 is 1.59 bits per heavy atom. The van der Waals surface area contributed by atoms with Gasteiger partial charge in [0.1, 0.15) is 5.75 Å². The smallest absolute Gasteiger partial charge is 0.255 e. The van der Waals surface area contributed by atoms with E-state index in [1.165, 1.54) is 7.11 Å². The number of rotatable bonds is 9. The van der Waals surface area contributed by atoms with Crippen molar-refractivity contribution in [3.8, 4) is 5.75 Å². The molecule has 0 heterocycles. The molecule has 27 heavy (non-hydrogen) atoms. The van der Waals surface area contributed by atoms with E-state index in [-0.39, 0.29) is 30.9 Å². The van der Waals surface area contributed by atoms with Crippen LogP contribution in [0.25, 0.3) is 0 Å². The van der Waals surface area contributed by atoms with Crippen LogP contribution < -0.4 is 21.1 Å². The summed E-state index contributed by atoms with van der Waals surface area (Å²) in [6.45, 7) is 2.78. The number of carbonyl (C=O) groups is 2. The van der Waals surface area contributed by atoms with Gasteiger partial charge in [-0.15, -0.1) is 0 Å². The number of amides is 2. The van der Waals surface area contributed by atoms with Gasteiger partial charge in [-0.3, -0.25) is 9.59 Å². The highest BCUT2D eigenvalue weighted by atomic mass is 16.5. The summed E-state index contributed by atoms with van der Waals surface area (Å²) in [5.74, 6) is 0.319. The first-order chi connectivity index (χ1) is 13.0. The van der Waals surface area contributed by atoms with Crippen LogP contribution >= 0.6 is 0 Å². The topological polar surface area (TPSA) is 103 Å². The van der Waals surface area contributed by atoms with Crippen molar-refractivity contribution in [2.24, 2.45) is 5.73 Å². The molecule has 2 aromatic rings. The summed E-state index contributed by atoms with van der Waals surface area (Å²) >= 11 is 0. The second-order valence-electron chi connectivity index (χ2n) is 5.83. The van der Waals surface area contributed by atoms with E-state index in [0.717, 1.165) is 5.75 Å². The average Bonchev–Trinajstić information content (AvgIpc) is 2.68. The lowest BCUT2D eigenvalue weighted by Crippen LogP contribution is -2.28. The molecule has 7 heteroatoms. The van der Waals surface area contributed by atoms with E-state index in [9.17, 15) is 9.59 Å². The van der Waals surface area contributed by atoms with Crippen molar-refractivity contribution < 1.29 is 19.1 Å². The van der Waals surface area contributed by atoms with Crippen molar-refractivity contribution in [3.63, 3.8) is 0 Å². The normalized spacial score (nSPS) is 11.5. The number of carbonyl (C=O) groups excluding carboxylic acids is 2. The van der Waals surface area contributed by atoms with Crippen LogP contribution in [0, 0.1) is 0 Å². The van der Waals surface area contributed by atoms with Crippen LogP contribution in [0.2, 0.25) is 0 Å². The molecular weight excluding hydrogens is 346 g/mol. The van der Waals surface area contributed by atoms with Gasteiger partial charge in [0, 0.05) is 30.6 Å². The van der Waals surface area contributed by atoms with Gasteiger partial charge in [-0.2, -0.15) is 0 Å². The molecule has 0 aliphatic heterocycles. The molecule has 0 radical (unpaired) electrons. The molecule has 0 aliphatic carbocycles. The van der Waals surface area contributed by atoms with Gasteiger partial charge in [0.2, 0.25) is 5.91 Å². The second-order valence-corrected chi connectivity index (χ2v) is 5.83. The Labute approximate surface area is 158 Å². The van der Waals surface area contributed by atoms with Crippen molar-refractivity contribution in [2.75, 3.05) is 30.9 Å². The molecule has 0 aromatic heterocycles. The minimum absolute atomic E-state index is 0.174. The van der Waals surface area contributed by atoms with Crippen molar-refractivity contribution >= 4 is 23.2 Å². The number of nitrogens with one attached hydrogen (secondary N) is 2. The molecule has 0 spiro atoms. The van der Waals surface area contributed by atoms with Crippen molar-refractivity contribution in [1.29, 1.82) is 0 Å². The predicted molar refractivity (Wildman–Crippen MR) is 105 cm³/mol. The van der Waals surface area contributed by atoms with Crippen LogP contribution in [0.4, 0.5) is 11.4 Å². The first-order valence-electron chi connectivity index (χ1n) is 8.72. The molecule has 0 aliphatic rings. The van der Waals surface area contributed by atoms with Gasteiger partial charge in [0.15, 0.2) is 0 Å². The molecule has 0 bridgehead atoms. The molecule has 4 N–H and O–H groups in total. The molecule has 2 rings (SSSR count). The Bertz CT molecular complexity index is 741. The third kappa shape index (κ3) is 6.40. The maximum absolute atomic E-state index is 12.3. The molecule has 1 atom stereocenters. The standard InChI is InChI=1S/C20H25N3O4/c1-3-27-17-10-8-16(9-11-17)23-20(25)14-4-6-15(7-5-14)22-19(24)12-18(13-21)26-2/h4-11,18H,3,12-13,21H2,1-2H3,(H,22,24)(H,23,25). The van der Waals surface area contributed by atoms with Crippen molar-refractivity contribution in [2.45, 2.75) is 19.4 Å². The first kappa shape index (κ1) is 20.4. The lowest BCUT2D eigenvalue weighted by atomic mass is 10.1. The molecule has 0 fully saturated rings. The van der Waals surface area contributed by atoms with Crippen LogP contribution in [0.5, 0.6) is 5.75 Å². The van der Waals surface area contributed by atoms with Gasteiger partial charge in [-0.05, 0) is 55.5 Å². The second kappa shape index (κ2) is 10.3. The quantitative estimate of drug-likeness (QED) is 0.629. The van der Waals surface area contributed by atoms with Crippen LogP contribution in [-0.4, -0.2) is 38.2 Å². The fourth-order valence-electron chi connectivity index (χ4n) is 2.39. The summed E-state index contributed by atoms with van der Waals surface area (Å²) in [6, 6.07) is 13.8. The monoisotopic (exact) mass is 371 g/mol. The summed E-state index contributed by atoms with van der Waals surface area (Å²) in [6.07, 6.45) is -0.142. The summed E-state index contributed by atoms with van der Waals surface area (Å²) in [5.41, 5.74) is 7.27. The fourth-order valence-corrected chi connectivity index (χ4v) is 2.39. The van der Waals surface area contributed by atoms with E-state index in [0.29, 0.717) is 23.5 Å². The number of methoxy groups -OCH3 is 1. The van der Waals surface area contributed by atoms with Crippen LogP contribution in [0.15, 0.2) is 48.5 Å². The SMILES string of the molecule is CCOc1ccc(NC(=O)c2ccc(NC(=O)CC(CN)OC)cc2)cc1. The van der Waals surface area contributed by atoms with E-state index in [1.54, 1.807) is 48.5 Å². The van der Waals surface area contributed by atoms with Gasteiger partial charge in [-0.1, -0.05) is 0 Å². The van der Waals surface area contributed by atoms with E-state index in [2.05, 4.69) is 10.6 Å². The summed E-state index contributed by atoms with van der Waals surface area (Å²) < 4.78 is 10.5.